The molecule has 1 unspecified atom stereocenters. The highest BCUT2D eigenvalue weighted by Crippen LogP contribution is 2.17. The number of rotatable bonds is 24. The van der Waals surface area contributed by atoms with E-state index in [0.717, 1.165) is 5.92 Å². The molecule has 0 aliphatic rings. The highest BCUT2D eigenvalue weighted by atomic mass is 14.1. The summed E-state index contributed by atoms with van der Waals surface area (Å²) in [6.45, 7) is 7.06. The molecule has 0 saturated heterocycles. The Morgan fingerprint density at radius 2 is 0.793 bits per heavy atom. The van der Waals surface area contributed by atoms with Gasteiger partial charge in [0.05, 0.1) is 0 Å². The topological polar surface area (TPSA) is 0 Å². The van der Waals surface area contributed by atoms with E-state index in [2.05, 4.69) is 32.9 Å². The molecule has 0 amide bonds. The minimum absolute atomic E-state index is 0.918. The van der Waals surface area contributed by atoms with Crippen LogP contribution in [0.15, 0.2) is 12.2 Å². The summed E-state index contributed by atoms with van der Waals surface area (Å²) in [4.78, 5) is 0. The van der Waals surface area contributed by atoms with Crippen LogP contribution in [0.25, 0.3) is 0 Å². The van der Waals surface area contributed by atoms with Crippen LogP contribution >= 0.6 is 0 Å². The molecule has 0 fully saturated rings. The van der Waals surface area contributed by atoms with Crippen LogP contribution in [0.4, 0.5) is 0 Å². The van der Waals surface area contributed by atoms with Gasteiger partial charge in [-0.3, -0.25) is 0 Å². The van der Waals surface area contributed by atoms with E-state index in [0.29, 0.717) is 0 Å². The van der Waals surface area contributed by atoms with Crippen molar-refractivity contribution in [3.8, 4) is 0 Å². The molecule has 0 saturated carbocycles. The Kier molecular flexibility index (Phi) is 25.5. The van der Waals surface area contributed by atoms with E-state index in [1.807, 2.05) is 0 Å². The maximum Gasteiger partial charge on any atom is -0.0348 e. The van der Waals surface area contributed by atoms with Crippen molar-refractivity contribution in [2.75, 3.05) is 0 Å². The van der Waals surface area contributed by atoms with Gasteiger partial charge in [-0.05, 0) is 31.6 Å². The van der Waals surface area contributed by atoms with Crippen molar-refractivity contribution in [2.45, 2.75) is 168 Å². The highest BCUT2D eigenvalue weighted by molar-refractivity contribution is 4.82. The Morgan fingerprint density at radius 3 is 1.28 bits per heavy atom. The molecular weight excluding hydrogens is 348 g/mol. The van der Waals surface area contributed by atoms with Gasteiger partial charge >= 0.3 is 0 Å². The molecule has 0 aromatic rings. The zero-order valence-electron chi connectivity index (χ0n) is 21.0. The lowest BCUT2D eigenvalue weighted by molar-refractivity contribution is 0.457. The number of allylic oxidation sites excluding steroid dienone is 2. The minimum atomic E-state index is 0.918. The van der Waals surface area contributed by atoms with E-state index in [4.69, 9.17) is 0 Å². The molecule has 0 bridgehead atoms. The van der Waals surface area contributed by atoms with Crippen molar-refractivity contribution in [3.05, 3.63) is 12.2 Å². The molecular formula is C29H58. The zero-order chi connectivity index (χ0) is 21.3. The Morgan fingerprint density at radius 1 is 0.414 bits per heavy atom. The fraction of sp³-hybridized carbons (Fsp3) is 0.931. The number of unbranched alkanes of at least 4 members (excludes halogenated alkanes) is 18. The average molecular weight is 407 g/mol. The molecule has 29 heavy (non-hydrogen) atoms. The summed E-state index contributed by atoms with van der Waals surface area (Å²) in [5.74, 6) is 0.918. The molecule has 0 heterocycles. The predicted octanol–water partition coefficient (Wildman–Crippen LogP) is 11.2. The summed E-state index contributed by atoms with van der Waals surface area (Å²) in [7, 11) is 0. The lowest BCUT2D eigenvalue weighted by Gasteiger charge is -2.09. The van der Waals surface area contributed by atoms with Crippen molar-refractivity contribution in [1.82, 2.24) is 0 Å². The Labute approximate surface area is 186 Å². The van der Waals surface area contributed by atoms with E-state index in [1.54, 1.807) is 0 Å². The van der Waals surface area contributed by atoms with Crippen LogP contribution in [-0.4, -0.2) is 0 Å². The Hall–Kier alpha value is -0.260. The zero-order valence-corrected chi connectivity index (χ0v) is 21.0. The molecule has 0 radical (unpaired) electrons. The van der Waals surface area contributed by atoms with Gasteiger partial charge in [0.2, 0.25) is 0 Å². The lowest BCUT2D eigenvalue weighted by atomic mass is 9.97. The first-order chi connectivity index (χ1) is 14.3. The van der Waals surface area contributed by atoms with E-state index in [-0.39, 0.29) is 0 Å². The number of hydrogen-bond acceptors (Lipinski definition) is 0. The molecule has 0 spiro atoms. The molecule has 1 atom stereocenters. The van der Waals surface area contributed by atoms with Gasteiger partial charge < -0.3 is 0 Å². The first-order valence-corrected chi connectivity index (χ1v) is 14.0. The van der Waals surface area contributed by atoms with Gasteiger partial charge in [0, 0.05) is 0 Å². The molecule has 0 rings (SSSR count). The molecule has 0 aromatic carbocycles. The quantitative estimate of drug-likeness (QED) is 0.110. The second-order valence-corrected chi connectivity index (χ2v) is 9.74. The number of hydrogen-bond donors (Lipinski definition) is 0. The maximum absolute atomic E-state index is 2.46. The Bertz CT molecular complexity index is 303. The molecule has 0 aliphatic heterocycles. The monoisotopic (exact) mass is 406 g/mol. The van der Waals surface area contributed by atoms with Gasteiger partial charge in [0.15, 0.2) is 0 Å². The van der Waals surface area contributed by atoms with E-state index in [1.165, 1.54) is 148 Å². The van der Waals surface area contributed by atoms with Crippen LogP contribution in [-0.2, 0) is 0 Å². The third-order valence-corrected chi connectivity index (χ3v) is 6.52. The summed E-state index contributed by atoms with van der Waals surface area (Å²) in [5.41, 5.74) is 0. The van der Waals surface area contributed by atoms with Gasteiger partial charge in [-0.2, -0.15) is 0 Å². The summed E-state index contributed by atoms with van der Waals surface area (Å²) < 4.78 is 0. The van der Waals surface area contributed by atoms with Crippen LogP contribution < -0.4 is 0 Å². The van der Waals surface area contributed by atoms with Crippen LogP contribution in [0.2, 0.25) is 0 Å². The van der Waals surface area contributed by atoms with Crippen LogP contribution in [0.3, 0.4) is 0 Å². The van der Waals surface area contributed by atoms with Gasteiger partial charge in [-0.1, -0.05) is 155 Å². The van der Waals surface area contributed by atoms with Crippen LogP contribution in [0.5, 0.6) is 0 Å². The lowest BCUT2D eigenvalue weighted by Crippen LogP contribution is -1.94. The summed E-state index contributed by atoms with van der Waals surface area (Å²) in [6, 6.07) is 0. The normalized spacial score (nSPS) is 12.8. The first-order valence-electron chi connectivity index (χ1n) is 14.0. The summed E-state index contributed by atoms with van der Waals surface area (Å²) >= 11 is 0. The second-order valence-electron chi connectivity index (χ2n) is 9.74. The van der Waals surface area contributed by atoms with Crippen LogP contribution in [0, 0.1) is 5.92 Å². The molecule has 0 aliphatic carbocycles. The largest absolute Gasteiger partial charge is 0.0885 e. The summed E-state index contributed by atoms with van der Waals surface area (Å²) in [6.07, 6.45) is 37.9. The van der Waals surface area contributed by atoms with Crippen molar-refractivity contribution in [3.63, 3.8) is 0 Å². The SMILES string of the molecule is CCCCCCCCCCCC=CCCC(C)CCCCCCCCCCCC. The Balaban J connectivity index is 3.21. The molecule has 0 heteroatoms. The maximum atomic E-state index is 2.46. The molecule has 174 valence electrons. The fourth-order valence-corrected chi connectivity index (χ4v) is 4.31. The third kappa shape index (κ3) is 25.7. The predicted molar refractivity (Wildman–Crippen MR) is 136 cm³/mol. The standard InChI is InChI=1S/C29H58/c1-4-6-8-10-12-14-16-17-18-20-22-24-26-28-29(3)27-25-23-21-19-15-13-11-9-7-5-2/h22,24,29H,4-21,23,25-28H2,1-3H3. The molecule has 0 aromatic heterocycles. The first kappa shape index (κ1) is 28.7. The van der Waals surface area contributed by atoms with Gasteiger partial charge in [0.25, 0.3) is 0 Å². The van der Waals surface area contributed by atoms with Gasteiger partial charge in [0.1, 0.15) is 0 Å². The highest BCUT2D eigenvalue weighted by Gasteiger charge is 2.01. The smallest absolute Gasteiger partial charge is 0.0348 e. The van der Waals surface area contributed by atoms with Gasteiger partial charge in [-0.15, -0.1) is 0 Å². The van der Waals surface area contributed by atoms with Crippen molar-refractivity contribution >= 4 is 0 Å². The molecule has 0 N–H and O–H groups in total. The van der Waals surface area contributed by atoms with E-state index in [9.17, 15) is 0 Å². The summed E-state index contributed by atoms with van der Waals surface area (Å²) in [5, 5.41) is 0. The van der Waals surface area contributed by atoms with Crippen molar-refractivity contribution in [2.24, 2.45) is 5.92 Å². The molecule has 0 nitrogen and oxygen atoms in total. The van der Waals surface area contributed by atoms with Crippen molar-refractivity contribution < 1.29 is 0 Å². The second kappa shape index (κ2) is 25.8. The third-order valence-electron chi connectivity index (χ3n) is 6.52. The average Bonchev–Trinajstić information content (AvgIpc) is 2.72. The van der Waals surface area contributed by atoms with Crippen LogP contribution in [0.1, 0.15) is 168 Å². The van der Waals surface area contributed by atoms with E-state index < -0.39 is 0 Å². The minimum Gasteiger partial charge on any atom is -0.0885 e. The van der Waals surface area contributed by atoms with E-state index >= 15 is 0 Å². The van der Waals surface area contributed by atoms with Gasteiger partial charge in [-0.25, -0.2) is 0 Å². The fourth-order valence-electron chi connectivity index (χ4n) is 4.31. The van der Waals surface area contributed by atoms with Crippen molar-refractivity contribution in [1.29, 1.82) is 0 Å².